The van der Waals surface area contributed by atoms with Gasteiger partial charge in [0.15, 0.2) is 0 Å². The molecule has 3 rings (SSSR count). The van der Waals surface area contributed by atoms with E-state index < -0.39 is 0 Å². The molecule has 5 nitrogen and oxygen atoms in total. The second-order valence-electron chi connectivity index (χ2n) is 7.01. The second-order valence-corrected chi connectivity index (χ2v) is 7.01. The number of carbonyl (C=O) groups is 1. The first-order valence-corrected chi connectivity index (χ1v) is 8.07. The number of nitrogens with two attached hydrogens (primary N) is 1. The van der Waals surface area contributed by atoms with Crippen molar-refractivity contribution in [3.8, 4) is 0 Å². The van der Waals surface area contributed by atoms with Gasteiger partial charge < -0.3 is 16.0 Å². The van der Waals surface area contributed by atoms with Crippen LogP contribution in [0.1, 0.15) is 39.0 Å². The quantitative estimate of drug-likeness (QED) is 0.773. The second kappa shape index (κ2) is 5.62. The molecule has 3 N–H and O–H groups in total. The maximum absolute atomic E-state index is 11.3. The van der Waals surface area contributed by atoms with Crippen LogP contribution in [0.4, 0.5) is 0 Å². The van der Waals surface area contributed by atoms with E-state index >= 15 is 0 Å². The Kier molecular flexibility index (Phi) is 4.02. The van der Waals surface area contributed by atoms with E-state index in [1.165, 1.54) is 12.8 Å². The minimum Gasteiger partial charge on any atom is -0.340 e. The van der Waals surface area contributed by atoms with Gasteiger partial charge in [0.25, 0.3) is 0 Å². The number of nitrogens with one attached hydrogen (secondary N) is 1. The van der Waals surface area contributed by atoms with E-state index in [4.69, 9.17) is 5.73 Å². The van der Waals surface area contributed by atoms with Gasteiger partial charge in [-0.05, 0) is 32.1 Å². The monoisotopic (exact) mass is 280 g/mol. The molecule has 114 valence electrons. The summed E-state index contributed by atoms with van der Waals surface area (Å²) in [5, 5.41) is 3.66. The molecule has 3 fully saturated rings. The molecule has 0 spiro atoms. The Balaban J connectivity index is 1.44. The lowest BCUT2D eigenvalue weighted by atomic mass is 9.82. The van der Waals surface area contributed by atoms with Crippen LogP contribution in [0.5, 0.6) is 0 Å². The van der Waals surface area contributed by atoms with E-state index in [0.29, 0.717) is 12.1 Å². The molecule has 0 saturated carbocycles. The van der Waals surface area contributed by atoms with Crippen LogP contribution in [0.3, 0.4) is 0 Å². The van der Waals surface area contributed by atoms with E-state index in [-0.39, 0.29) is 11.4 Å². The molecule has 0 aromatic carbocycles. The summed E-state index contributed by atoms with van der Waals surface area (Å²) in [6.07, 6.45) is 5.98. The van der Waals surface area contributed by atoms with Gasteiger partial charge in [0, 0.05) is 57.3 Å². The lowest BCUT2D eigenvalue weighted by molar-refractivity contribution is -0.130. The third-order valence-corrected chi connectivity index (χ3v) is 5.38. The SMILES string of the molecule is CC(=O)N1CCN(CCC2(N)CC3CCC(C2)N3)CC1. The van der Waals surface area contributed by atoms with Gasteiger partial charge in [-0.1, -0.05) is 0 Å². The van der Waals surface area contributed by atoms with Crippen molar-refractivity contribution in [2.45, 2.75) is 56.7 Å². The Morgan fingerprint density at radius 2 is 1.80 bits per heavy atom. The van der Waals surface area contributed by atoms with Crippen LogP contribution < -0.4 is 11.1 Å². The number of hydrogen-bond donors (Lipinski definition) is 2. The lowest BCUT2D eigenvalue weighted by Gasteiger charge is -2.41. The van der Waals surface area contributed by atoms with E-state index in [9.17, 15) is 4.79 Å². The first-order valence-electron chi connectivity index (χ1n) is 8.07. The fourth-order valence-electron chi connectivity index (χ4n) is 4.16. The fourth-order valence-corrected chi connectivity index (χ4v) is 4.16. The van der Waals surface area contributed by atoms with Crippen LogP contribution in [0, 0.1) is 0 Å². The van der Waals surface area contributed by atoms with Gasteiger partial charge in [0.05, 0.1) is 0 Å². The van der Waals surface area contributed by atoms with Crippen molar-refractivity contribution >= 4 is 5.91 Å². The Morgan fingerprint density at radius 3 is 2.35 bits per heavy atom. The number of hydrogen-bond acceptors (Lipinski definition) is 4. The molecular weight excluding hydrogens is 252 g/mol. The molecule has 0 aromatic heterocycles. The zero-order chi connectivity index (χ0) is 14.2. The Bertz CT molecular complexity index is 353. The minimum atomic E-state index is 0.0365. The number of piperazine rings is 1. The molecule has 3 aliphatic heterocycles. The van der Waals surface area contributed by atoms with Gasteiger partial charge in [-0.15, -0.1) is 0 Å². The molecule has 0 radical (unpaired) electrons. The predicted molar refractivity (Wildman–Crippen MR) is 79.4 cm³/mol. The van der Waals surface area contributed by atoms with Crippen molar-refractivity contribution in [3.63, 3.8) is 0 Å². The summed E-state index contributed by atoms with van der Waals surface area (Å²) in [4.78, 5) is 15.7. The lowest BCUT2D eigenvalue weighted by Crippen LogP contribution is -2.56. The zero-order valence-electron chi connectivity index (χ0n) is 12.6. The highest BCUT2D eigenvalue weighted by molar-refractivity contribution is 5.73. The standard InChI is InChI=1S/C15H28N4O/c1-12(20)19-8-6-18(7-9-19)5-4-15(16)10-13-2-3-14(11-15)17-13/h13-14,17H,2-11,16H2,1H3. The molecule has 5 heteroatoms. The average Bonchev–Trinajstić information content (AvgIpc) is 2.77. The summed E-state index contributed by atoms with van der Waals surface area (Å²) in [5.74, 6) is 0.204. The van der Waals surface area contributed by atoms with Crippen molar-refractivity contribution in [2.24, 2.45) is 5.73 Å². The van der Waals surface area contributed by atoms with Crippen LogP contribution in [-0.4, -0.2) is 66.1 Å². The summed E-state index contributed by atoms with van der Waals surface area (Å²) in [5.41, 5.74) is 6.68. The van der Waals surface area contributed by atoms with Crippen LogP contribution in [0.15, 0.2) is 0 Å². The maximum atomic E-state index is 11.3. The summed E-state index contributed by atoms with van der Waals surface area (Å²) in [7, 11) is 0. The number of nitrogens with zero attached hydrogens (tertiary/aromatic N) is 2. The molecular formula is C15H28N4O. The highest BCUT2D eigenvalue weighted by Gasteiger charge is 2.41. The molecule has 2 unspecified atom stereocenters. The van der Waals surface area contributed by atoms with Gasteiger partial charge in [-0.25, -0.2) is 0 Å². The number of carbonyl (C=O) groups excluding carboxylic acids is 1. The van der Waals surface area contributed by atoms with Crippen molar-refractivity contribution in [1.82, 2.24) is 15.1 Å². The van der Waals surface area contributed by atoms with Gasteiger partial charge in [0.2, 0.25) is 5.91 Å². The fraction of sp³-hybridized carbons (Fsp3) is 0.933. The van der Waals surface area contributed by atoms with E-state index in [1.54, 1.807) is 6.92 Å². The van der Waals surface area contributed by atoms with Gasteiger partial charge in [-0.2, -0.15) is 0 Å². The van der Waals surface area contributed by atoms with Crippen LogP contribution in [-0.2, 0) is 4.79 Å². The van der Waals surface area contributed by atoms with Gasteiger partial charge in [0.1, 0.15) is 0 Å². The van der Waals surface area contributed by atoms with Crippen molar-refractivity contribution in [1.29, 1.82) is 0 Å². The molecule has 1 amide bonds. The molecule has 0 aromatic rings. The minimum absolute atomic E-state index is 0.0365. The molecule has 20 heavy (non-hydrogen) atoms. The molecule has 0 aliphatic carbocycles. The highest BCUT2D eigenvalue weighted by atomic mass is 16.2. The smallest absolute Gasteiger partial charge is 0.219 e. The van der Waals surface area contributed by atoms with E-state index in [2.05, 4.69) is 10.2 Å². The summed E-state index contributed by atoms with van der Waals surface area (Å²) < 4.78 is 0. The Hall–Kier alpha value is -0.650. The normalized spacial score (nSPS) is 38.2. The molecule has 2 atom stereocenters. The average molecular weight is 280 g/mol. The Labute approximate surface area is 121 Å². The van der Waals surface area contributed by atoms with Gasteiger partial charge >= 0.3 is 0 Å². The predicted octanol–water partition coefficient (Wildman–Crippen LogP) is 0.153. The van der Waals surface area contributed by atoms with Crippen LogP contribution in [0.2, 0.25) is 0 Å². The first-order chi connectivity index (χ1) is 9.54. The molecule has 3 aliphatic rings. The molecule has 3 saturated heterocycles. The van der Waals surface area contributed by atoms with Crippen molar-refractivity contribution < 1.29 is 4.79 Å². The number of rotatable bonds is 3. The van der Waals surface area contributed by atoms with Crippen molar-refractivity contribution in [3.05, 3.63) is 0 Å². The van der Waals surface area contributed by atoms with Crippen LogP contribution in [0.25, 0.3) is 0 Å². The van der Waals surface area contributed by atoms with Gasteiger partial charge in [-0.3, -0.25) is 9.69 Å². The van der Waals surface area contributed by atoms with E-state index in [1.807, 2.05) is 4.90 Å². The third-order valence-electron chi connectivity index (χ3n) is 5.38. The third kappa shape index (κ3) is 3.15. The maximum Gasteiger partial charge on any atom is 0.219 e. The highest BCUT2D eigenvalue weighted by Crippen LogP contribution is 2.34. The summed E-state index contributed by atoms with van der Waals surface area (Å²) in [6, 6.07) is 1.32. The number of fused-ring (bicyclic) bond motifs is 2. The van der Waals surface area contributed by atoms with Crippen molar-refractivity contribution in [2.75, 3.05) is 32.7 Å². The summed E-state index contributed by atoms with van der Waals surface area (Å²) in [6.45, 7) is 6.50. The zero-order valence-corrected chi connectivity index (χ0v) is 12.6. The molecule has 3 heterocycles. The largest absolute Gasteiger partial charge is 0.340 e. The topological polar surface area (TPSA) is 61.6 Å². The molecule has 2 bridgehead atoms. The Morgan fingerprint density at radius 1 is 1.20 bits per heavy atom. The van der Waals surface area contributed by atoms with Crippen LogP contribution >= 0.6 is 0 Å². The first kappa shape index (κ1) is 14.3. The van der Waals surface area contributed by atoms with E-state index in [0.717, 1.165) is 52.0 Å². The number of piperidine rings is 1. The number of amides is 1. The summed E-state index contributed by atoms with van der Waals surface area (Å²) >= 11 is 0.